The molecule has 30 heavy (non-hydrogen) atoms. The first kappa shape index (κ1) is 23.1. The van der Waals surface area contributed by atoms with Crippen LogP contribution < -0.4 is 11.1 Å². The number of nitrogens with zero attached hydrogens (tertiary/aromatic N) is 1. The minimum atomic E-state index is -0.542. The van der Waals surface area contributed by atoms with E-state index in [9.17, 15) is 4.79 Å². The zero-order chi connectivity index (χ0) is 21.7. The van der Waals surface area contributed by atoms with Gasteiger partial charge in [0.05, 0.1) is 6.04 Å². The molecule has 3 rings (SSSR count). The average molecular weight is 448 g/mol. The topological polar surface area (TPSA) is 58.4 Å². The van der Waals surface area contributed by atoms with Gasteiger partial charge in [0.1, 0.15) is 0 Å². The number of nitrogens with two attached hydrogens (primary N) is 1. The summed E-state index contributed by atoms with van der Waals surface area (Å²) in [5.41, 5.74) is 8.48. The first-order valence-electron chi connectivity index (χ1n) is 10.6. The maximum atomic E-state index is 13.3. The third-order valence-electron chi connectivity index (χ3n) is 5.62. The Balaban J connectivity index is 1.72. The van der Waals surface area contributed by atoms with E-state index in [0.717, 1.165) is 30.5 Å². The van der Waals surface area contributed by atoms with Crippen molar-refractivity contribution in [2.75, 3.05) is 13.1 Å². The van der Waals surface area contributed by atoms with Crippen LogP contribution in [0.15, 0.2) is 48.5 Å². The summed E-state index contributed by atoms with van der Waals surface area (Å²) in [6.07, 6.45) is 2.24. The molecule has 1 fully saturated rings. The lowest BCUT2D eigenvalue weighted by Crippen LogP contribution is -2.62. The summed E-state index contributed by atoms with van der Waals surface area (Å²) in [5.74, 6) is 0.526. The molecule has 0 aliphatic carbocycles. The molecule has 3 unspecified atom stereocenters. The quantitative estimate of drug-likeness (QED) is 0.663. The number of carbonyl (C=O) groups excluding carboxylic acids is 1. The molecule has 1 saturated heterocycles. The van der Waals surface area contributed by atoms with E-state index in [1.807, 2.05) is 47.4 Å². The third-order valence-corrected chi connectivity index (χ3v) is 6.21. The van der Waals surface area contributed by atoms with Crippen LogP contribution in [0, 0.1) is 5.92 Å². The van der Waals surface area contributed by atoms with Crippen molar-refractivity contribution in [3.63, 3.8) is 0 Å². The molecule has 4 nitrogen and oxygen atoms in total. The van der Waals surface area contributed by atoms with Gasteiger partial charge in [-0.1, -0.05) is 73.4 Å². The van der Waals surface area contributed by atoms with E-state index in [1.54, 1.807) is 6.07 Å². The lowest BCUT2D eigenvalue weighted by molar-refractivity contribution is -0.137. The minimum absolute atomic E-state index is 0.0261. The van der Waals surface area contributed by atoms with Crippen molar-refractivity contribution in [3.8, 4) is 0 Å². The number of nitrogens with one attached hydrogen (secondary N) is 1. The minimum Gasteiger partial charge on any atom is -0.335 e. The van der Waals surface area contributed by atoms with Crippen molar-refractivity contribution in [2.24, 2.45) is 11.7 Å². The van der Waals surface area contributed by atoms with E-state index < -0.39 is 6.04 Å². The van der Waals surface area contributed by atoms with Gasteiger partial charge < -0.3 is 16.0 Å². The van der Waals surface area contributed by atoms with Gasteiger partial charge in [0.15, 0.2) is 0 Å². The van der Waals surface area contributed by atoms with Crippen LogP contribution in [-0.4, -0.2) is 42.0 Å². The molecule has 3 atom stereocenters. The lowest BCUT2D eigenvalue weighted by atomic mass is 9.95. The Morgan fingerprint density at radius 2 is 1.93 bits per heavy atom. The van der Waals surface area contributed by atoms with Crippen LogP contribution in [0.2, 0.25) is 10.0 Å². The molecule has 0 radical (unpaired) electrons. The molecule has 6 heteroatoms. The molecule has 0 aromatic heterocycles. The summed E-state index contributed by atoms with van der Waals surface area (Å²) < 4.78 is 0. The summed E-state index contributed by atoms with van der Waals surface area (Å²) in [4.78, 5) is 15.3. The second-order valence-electron chi connectivity index (χ2n) is 8.62. The highest BCUT2D eigenvalue weighted by Gasteiger charge is 2.34. The number of piperazine rings is 1. The Morgan fingerprint density at radius 3 is 2.60 bits per heavy atom. The van der Waals surface area contributed by atoms with Crippen LogP contribution in [0.5, 0.6) is 0 Å². The van der Waals surface area contributed by atoms with E-state index in [-0.39, 0.29) is 18.0 Å². The Labute approximate surface area is 189 Å². The van der Waals surface area contributed by atoms with Gasteiger partial charge in [-0.15, -0.1) is 0 Å². The van der Waals surface area contributed by atoms with Gasteiger partial charge in [-0.05, 0) is 48.4 Å². The van der Waals surface area contributed by atoms with Gasteiger partial charge in [0.25, 0.3) is 0 Å². The molecule has 0 saturated carbocycles. The molecular formula is C24H31Cl2N3O. The fraction of sp³-hybridized carbons (Fsp3) is 0.458. The van der Waals surface area contributed by atoms with Gasteiger partial charge in [0.2, 0.25) is 5.91 Å². The van der Waals surface area contributed by atoms with Crippen LogP contribution >= 0.6 is 23.2 Å². The van der Waals surface area contributed by atoms with Crippen LogP contribution in [0.4, 0.5) is 0 Å². The summed E-state index contributed by atoms with van der Waals surface area (Å²) in [6, 6.07) is 15.3. The number of amides is 1. The molecule has 0 spiro atoms. The Kier molecular flexibility index (Phi) is 8.18. The number of rotatable bonds is 7. The highest BCUT2D eigenvalue weighted by atomic mass is 35.5. The second kappa shape index (κ2) is 10.6. The summed E-state index contributed by atoms with van der Waals surface area (Å²) in [6.45, 7) is 5.76. The number of benzene rings is 2. The van der Waals surface area contributed by atoms with Crippen molar-refractivity contribution in [1.29, 1.82) is 0 Å². The van der Waals surface area contributed by atoms with Crippen LogP contribution in [0.3, 0.4) is 0 Å². The lowest BCUT2D eigenvalue weighted by Gasteiger charge is -2.42. The largest absolute Gasteiger partial charge is 0.335 e. The van der Waals surface area contributed by atoms with Gasteiger partial charge in [-0.25, -0.2) is 0 Å². The first-order valence-corrected chi connectivity index (χ1v) is 11.4. The fourth-order valence-electron chi connectivity index (χ4n) is 4.15. The molecule has 0 bridgehead atoms. The molecule has 1 aliphatic rings. The SMILES string of the molecule is CC(C)CC1CNC(Cc2ccc(Cl)cc2Cl)CN1C(=O)C(N)Cc1ccccc1. The van der Waals surface area contributed by atoms with Gasteiger partial charge in [0, 0.05) is 35.2 Å². The molecule has 3 N–H and O–H groups in total. The predicted octanol–water partition coefficient (Wildman–Crippen LogP) is 4.32. The Hall–Kier alpha value is -1.59. The molecular weight excluding hydrogens is 417 g/mol. The molecule has 1 amide bonds. The van der Waals surface area contributed by atoms with E-state index >= 15 is 0 Å². The van der Waals surface area contributed by atoms with E-state index in [0.29, 0.717) is 28.9 Å². The summed E-state index contributed by atoms with van der Waals surface area (Å²) >= 11 is 12.4. The van der Waals surface area contributed by atoms with Crippen molar-refractivity contribution in [3.05, 3.63) is 69.7 Å². The molecule has 2 aromatic carbocycles. The Bertz CT molecular complexity index is 844. The van der Waals surface area contributed by atoms with Crippen LogP contribution in [0.25, 0.3) is 0 Å². The average Bonchev–Trinajstić information content (AvgIpc) is 2.71. The van der Waals surface area contributed by atoms with Gasteiger partial charge in [-0.3, -0.25) is 4.79 Å². The van der Waals surface area contributed by atoms with Crippen LogP contribution in [0.1, 0.15) is 31.4 Å². The summed E-state index contributed by atoms with van der Waals surface area (Å²) in [7, 11) is 0. The zero-order valence-electron chi connectivity index (χ0n) is 17.7. The van der Waals surface area contributed by atoms with Crippen molar-refractivity contribution < 1.29 is 4.79 Å². The third kappa shape index (κ3) is 6.21. The molecule has 2 aromatic rings. The number of hydrogen-bond donors (Lipinski definition) is 2. The zero-order valence-corrected chi connectivity index (χ0v) is 19.2. The first-order chi connectivity index (χ1) is 14.3. The van der Waals surface area contributed by atoms with Crippen molar-refractivity contribution in [2.45, 2.75) is 51.2 Å². The highest BCUT2D eigenvalue weighted by Crippen LogP contribution is 2.24. The van der Waals surface area contributed by atoms with Gasteiger partial charge in [-0.2, -0.15) is 0 Å². The standard InChI is InChI=1S/C24H31Cl2N3O/c1-16(2)10-21-14-28-20(12-18-8-9-19(25)13-22(18)26)15-29(21)24(30)23(27)11-17-6-4-3-5-7-17/h3-9,13,16,20-21,23,28H,10-12,14-15,27H2,1-2H3. The molecule has 1 aliphatic heterocycles. The predicted molar refractivity (Wildman–Crippen MR) is 125 cm³/mol. The monoisotopic (exact) mass is 447 g/mol. The second-order valence-corrected chi connectivity index (χ2v) is 9.46. The highest BCUT2D eigenvalue weighted by molar-refractivity contribution is 6.35. The number of halogens is 2. The fourth-order valence-corrected chi connectivity index (χ4v) is 4.63. The van der Waals surface area contributed by atoms with Crippen molar-refractivity contribution >= 4 is 29.1 Å². The normalized spacial score (nSPS) is 20.4. The van der Waals surface area contributed by atoms with E-state index in [4.69, 9.17) is 28.9 Å². The smallest absolute Gasteiger partial charge is 0.240 e. The maximum absolute atomic E-state index is 13.3. The number of carbonyl (C=O) groups is 1. The van der Waals surface area contributed by atoms with Crippen LogP contribution in [-0.2, 0) is 17.6 Å². The number of hydrogen-bond acceptors (Lipinski definition) is 3. The Morgan fingerprint density at radius 1 is 1.20 bits per heavy atom. The van der Waals surface area contributed by atoms with E-state index in [1.165, 1.54) is 0 Å². The van der Waals surface area contributed by atoms with E-state index in [2.05, 4.69) is 19.2 Å². The molecule has 162 valence electrons. The van der Waals surface area contributed by atoms with Gasteiger partial charge >= 0.3 is 0 Å². The maximum Gasteiger partial charge on any atom is 0.240 e. The van der Waals surface area contributed by atoms with Crippen molar-refractivity contribution in [1.82, 2.24) is 10.2 Å². The summed E-state index contributed by atoms with van der Waals surface area (Å²) in [5, 5.41) is 4.90. The molecule has 1 heterocycles.